The lowest BCUT2D eigenvalue weighted by molar-refractivity contribution is 0.127. The molecule has 1 atom stereocenters. The number of benzene rings is 1. The molecule has 4 nitrogen and oxygen atoms in total. The van der Waals surface area contributed by atoms with Gasteiger partial charge in [-0.2, -0.15) is 0 Å². The van der Waals surface area contributed by atoms with Crippen molar-refractivity contribution in [1.29, 1.82) is 0 Å². The summed E-state index contributed by atoms with van der Waals surface area (Å²) in [6.07, 6.45) is 1.38. The van der Waals surface area contributed by atoms with Crippen molar-refractivity contribution in [3.8, 4) is 0 Å². The van der Waals surface area contributed by atoms with Crippen LogP contribution in [0.1, 0.15) is 12.8 Å². The van der Waals surface area contributed by atoms with E-state index in [0.717, 1.165) is 12.8 Å². The maximum Gasteiger partial charge on any atom is 0.235 e. The van der Waals surface area contributed by atoms with E-state index in [-0.39, 0.29) is 21.1 Å². The van der Waals surface area contributed by atoms with Gasteiger partial charge in [-0.3, -0.25) is 4.72 Å². The normalized spacial score (nSPS) is 20.0. The van der Waals surface area contributed by atoms with Gasteiger partial charge in [0, 0.05) is 6.61 Å². The SMILES string of the molecule is O=S(=O)(CC1CCCO1)Nc1cccc(F)c1I. The first kappa shape index (κ1) is 14.0. The Balaban J connectivity index is 2.09. The van der Waals surface area contributed by atoms with Gasteiger partial charge in [0.25, 0.3) is 0 Å². The van der Waals surface area contributed by atoms with Crippen LogP contribution in [-0.4, -0.2) is 26.9 Å². The van der Waals surface area contributed by atoms with E-state index in [1.165, 1.54) is 18.2 Å². The van der Waals surface area contributed by atoms with Crippen LogP contribution in [0.15, 0.2) is 18.2 Å². The Morgan fingerprint density at radius 2 is 2.28 bits per heavy atom. The fourth-order valence-corrected chi connectivity index (χ4v) is 3.83. The smallest absolute Gasteiger partial charge is 0.235 e. The highest BCUT2D eigenvalue weighted by Gasteiger charge is 2.24. The van der Waals surface area contributed by atoms with Crippen LogP contribution >= 0.6 is 22.6 Å². The van der Waals surface area contributed by atoms with Gasteiger partial charge >= 0.3 is 0 Å². The van der Waals surface area contributed by atoms with Crippen molar-refractivity contribution in [3.63, 3.8) is 0 Å². The van der Waals surface area contributed by atoms with Crippen LogP contribution in [0.2, 0.25) is 0 Å². The largest absolute Gasteiger partial charge is 0.377 e. The van der Waals surface area contributed by atoms with E-state index in [2.05, 4.69) is 4.72 Å². The van der Waals surface area contributed by atoms with E-state index in [1.807, 2.05) is 0 Å². The van der Waals surface area contributed by atoms with Gasteiger partial charge < -0.3 is 4.74 Å². The third-order valence-corrected chi connectivity index (χ3v) is 5.08. The molecule has 0 aliphatic carbocycles. The summed E-state index contributed by atoms with van der Waals surface area (Å²) in [6.45, 7) is 0.609. The molecule has 1 fully saturated rings. The van der Waals surface area contributed by atoms with Crippen molar-refractivity contribution in [2.75, 3.05) is 17.1 Å². The monoisotopic (exact) mass is 385 g/mol. The lowest BCUT2D eigenvalue weighted by Crippen LogP contribution is -2.26. The molecule has 18 heavy (non-hydrogen) atoms. The summed E-state index contributed by atoms with van der Waals surface area (Å²) in [7, 11) is -3.50. The quantitative estimate of drug-likeness (QED) is 0.810. The average molecular weight is 385 g/mol. The first-order valence-corrected chi connectivity index (χ1v) is 8.27. The molecule has 0 saturated carbocycles. The zero-order valence-corrected chi connectivity index (χ0v) is 12.5. The second-order valence-electron chi connectivity index (χ2n) is 4.12. The second-order valence-corrected chi connectivity index (χ2v) is 6.97. The molecule has 0 amide bonds. The number of hydrogen-bond acceptors (Lipinski definition) is 3. The maximum absolute atomic E-state index is 13.3. The van der Waals surface area contributed by atoms with Crippen molar-refractivity contribution in [3.05, 3.63) is 27.6 Å². The standard InChI is InChI=1S/C11H13FINO3S/c12-9-4-1-5-10(11(9)13)14-18(15,16)7-8-3-2-6-17-8/h1,4-5,8,14H,2-3,6-7H2. The molecule has 0 aromatic heterocycles. The minimum atomic E-state index is -3.50. The summed E-state index contributed by atoms with van der Waals surface area (Å²) in [5.74, 6) is -0.521. The molecule has 1 unspecified atom stereocenters. The maximum atomic E-state index is 13.3. The summed E-state index contributed by atoms with van der Waals surface area (Å²) >= 11 is 1.78. The molecule has 1 aliphatic heterocycles. The first-order valence-electron chi connectivity index (χ1n) is 5.54. The Morgan fingerprint density at radius 1 is 1.50 bits per heavy atom. The van der Waals surface area contributed by atoms with Crippen LogP contribution in [0.25, 0.3) is 0 Å². The Kier molecular flexibility index (Phi) is 4.44. The molecule has 0 bridgehead atoms. The number of nitrogens with one attached hydrogen (secondary N) is 1. The summed E-state index contributed by atoms with van der Waals surface area (Å²) in [4.78, 5) is 0. The Morgan fingerprint density at radius 3 is 2.94 bits per heavy atom. The van der Waals surface area contributed by atoms with Gasteiger partial charge in [0.15, 0.2) is 0 Å². The lowest BCUT2D eigenvalue weighted by Gasteiger charge is -2.13. The van der Waals surface area contributed by atoms with Crippen LogP contribution in [0, 0.1) is 9.39 Å². The molecule has 7 heteroatoms. The van der Waals surface area contributed by atoms with Gasteiger partial charge in [0.05, 0.1) is 21.1 Å². The van der Waals surface area contributed by atoms with Crippen molar-refractivity contribution in [1.82, 2.24) is 0 Å². The minimum Gasteiger partial charge on any atom is -0.377 e. The van der Waals surface area contributed by atoms with Gasteiger partial charge in [-0.05, 0) is 47.6 Å². The Bertz CT molecular complexity index is 529. The topological polar surface area (TPSA) is 55.4 Å². The predicted octanol–water partition coefficient (Wildman–Crippen LogP) is 2.35. The molecule has 100 valence electrons. The summed E-state index contributed by atoms with van der Waals surface area (Å²) in [5.41, 5.74) is 0.272. The summed E-state index contributed by atoms with van der Waals surface area (Å²) < 4.78 is 45.1. The third-order valence-electron chi connectivity index (χ3n) is 2.65. The summed E-state index contributed by atoms with van der Waals surface area (Å²) in [6, 6.07) is 4.30. The van der Waals surface area contributed by atoms with E-state index in [4.69, 9.17) is 4.74 Å². The number of rotatable bonds is 4. The van der Waals surface area contributed by atoms with E-state index in [9.17, 15) is 12.8 Å². The number of anilines is 1. The first-order chi connectivity index (χ1) is 8.48. The molecule has 1 aromatic carbocycles. The van der Waals surface area contributed by atoms with E-state index < -0.39 is 15.8 Å². The van der Waals surface area contributed by atoms with E-state index >= 15 is 0 Å². The Hall–Kier alpha value is -0.410. The number of sulfonamides is 1. The molecule has 0 spiro atoms. The number of halogens is 2. The van der Waals surface area contributed by atoms with Crippen molar-refractivity contribution >= 4 is 38.3 Å². The molecule has 0 radical (unpaired) electrons. The van der Waals surface area contributed by atoms with Gasteiger partial charge in [0.1, 0.15) is 5.82 Å². The van der Waals surface area contributed by atoms with Crippen LogP contribution in [0.4, 0.5) is 10.1 Å². The van der Waals surface area contributed by atoms with Gasteiger partial charge in [0.2, 0.25) is 10.0 Å². The lowest BCUT2D eigenvalue weighted by atomic mass is 10.3. The van der Waals surface area contributed by atoms with Crippen molar-refractivity contribution < 1.29 is 17.5 Å². The van der Waals surface area contributed by atoms with E-state index in [0.29, 0.717) is 6.61 Å². The fraction of sp³-hybridized carbons (Fsp3) is 0.455. The number of ether oxygens (including phenoxy) is 1. The van der Waals surface area contributed by atoms with Crippen LogP contribution in [0.5, 0.6) is 0 Å². The molecular formula is C11H13FINO3S. The van der Waals surface area contributed by atoms with Gasteiger partial charge in [-0.1, -0.05) is 6.07 Å². The molecule has 2 rings (SSSR count). The van der Waals surface area contributed by atoms with Crippen LogP contribution < -0.4 is 4.72 Å². The zero-order valence-electron chi connectivity index (χ0n) is 9.53. The van der Waals surface area contributed by atoms with Crippen molar-refractivity contribution in [2.24, 2.45) is 0 Å². The predicted molar refractivity (Wildman–Crippen MR) is 75.5 cm³/mol. The van der Waals surface area contributed by atoms with Crippen LogP contribution in [-0.2, 0) is 14.8 Å². The molecule has 1 heterocycles. The van der Waals surface area contributed by atoms with Gasteiger partial charge in [-0.15, -0.1) is 0 Å². The minimum absolute atomic E-state index is 0.0837. The highest BCUT2D eigenvalue weighted by Crippen LogP contribution is 2.23. The van der Waals surface area contributed by atoms with Gasteiger partial charge in [-0.25, -0.2) is 12.8 Å². The highest BCUT2D eigenvalue weighted by atomic mass is 127. The van der Waals surface area contributed by atoms with E-state index in [1.54, 1.807) is 22.6 Å². The molecular weight excluding hydrogens is 372 g/mol. The Labute approximate surface area is 119 Å². The molecule has 1 aliphatic rings. The highest BCUT2D eigenvalue weighted by molar-refractivity contribution is 14.1. The van der Waals surface area contributed by atoms with Crippen molar-refractivity contribution in [2.45, 2.75) is 18.9 Å². The van der Waals surface area contributed by atoms with Crippen LogP contribution in [0.3, 0.4) is 0 Å². The second kappa shape index (κ2) is 5.70. The molecule has 1 aromatic rings. The fourth-order valence-electron chi connectivity index (χ4n) is 1.81. The zero-order chi connectivity index (χ0) is 13.2. The number of hydrogen-bond donors (Lipinski definition) is 1. The third kappa shape index (κ3) is 3.55. The summed E-state index contributed by atoms with van der Waals surface area (Å²) in [5, 5.41) is 0. The molecule has 1 saturated heterocycles. The molecule has 1 N–H and O–H groups in total. The average Bonchev–Trinajstić information content (AvgIpc) is 2.76.